The zero-order valence-electron chi connectivity index (χ0n) is 32.0. The summed E-state index contributed by atoms with van der Waals surface area (Å²) in [5, 5.41) is 11.7. The molecule has 0 saturated carbocycles. The lowest BCUT2D eigenvalue weighted by atomic mass is 9.92. The average Bonchev–Trinajstić information content (AvgIpc) is 3.67. The summed E-state index contributed by atoms with van der Waals surface area (Å²) in [7, 11) is 0. The van der Waals surface area contributed by atoms with Gasteiger partial charge in [-0.3, -0.25) is 28.8 Å². The van der Waals surface area contributed by atoms with Crippen molar-refractivity contribution in [3.63, 3.8) is 0 Å². The third-order valence-electron chi connectivity index (χ3n) is 9.23. The minimum atomic E-state index is -1.16. The molecular formula is C46H38F4N2O8. The van der Waals surface area contributed by atoms with Crippen molar-refractivity contribution in [2.24, 2.45) is 0 Å². The topological polar surface area (TPSA) is 147 Å². The lowest BCUT2D eigenvalue weighted by molar-refractivity contribution is -0.152. The van der Waals surface area contributed by atoms with E-state index < -0.39 is 65.1 Å². The molecule has 2 N–H and O–H groups in total. The number of aliphatic carboxylic acids is 1. The number of carbonyl (C=O) groups is 6. The van der Waals surface area contributed by atoms with Crippen molar-refractivity contribution in [3.8, 4) is 0 Å². The van der Waals surface area contributed by atoms with Gasteiger partial charge in [0.25, 0.3) is 0 Å². The van der Waals surface area contributed by atoms with Crippen molar-refractivity contribution >= 4 is 58.7 Å². The van der Waals surface area contributed by atoms with E-state index in [-0.39, 0.29) is 78.9 Å². The molecule has 1 amide bonds. The van der Waals surface area contributed by atoms with Crippen LogP contribution in [-0.4, -0.2) is 71.6 Å². The van der Waals surface area contributed by atoms with Gasteiger partial charge in [0, 0.05) is 41.8 Å². The summed E-state index contributed by atoms with van der Waals surface area (Å²) in [6, 6.07) is 32.3. The summed E-state index contributed by atoms with van der Waals surface area (Å²) < 4.78 is 63.5. The largest absolute Gasteiger partial charge is 0.481 e. The van der Waals surface area contributed by atoms with Crippen molar-refractivity contribution in [1.29, 1.82) is 0 Å². The number of ether oxygens (including phenoxy) is 1. The number of piperidine rings is 2. The molecule has 0 spiro atoms. The molecule has 4 aromatic rings. The number of carboxylic acid groups (broad SMARTS) is 1. The second-order valence-corrected chi connectivity index (χ2v) is 13.4. The van der Waals surface area contributed by atoms with Crippen molar-refractivity contribution in [2.75, 3.05) is 26.2 Å². The number of benzene rings is 4. The quantitative estimate of drug-likeness (QED) is 0.0825. The van der Waals surface area contributed by atoms with Crippen LogP contribution in [0.5, 0.6) is 0 Å². The molecule has 60 heavy (non-hydrogen) atoms. The van der Waals surface area contributed by atoms with E-state index in [1.807, 2.05) is 0 Å². The predicted octanol–water partition coefficient (Wildman–Crippen LogP) is 7.79. The molecule has 3 fully saturated rings. The van der Waals surface area contributed by atoms with E-state index >= 15 is 8.78 Å². The van der Waals surface area contributed by atoms with Gasteiger partial charge in [-0.25, -0.2) is 17.6 Å². The number of Topliss-reactive ketones (excluding diaryl/α,β-unsaturated/α-hetero) is 2. The van der Waals surface area contributed by atoms with Gasteiger partial charge in [-0.1, -0.05) is 121 Å². The monoisotopic (exact) mass is 822 g/mol. The van der Waals surface area contributed by atoms with Crippen molar-refractivity contribution in [2.45, 2.75) is 25.7 Å². The van der Waals surface area contributed by atoms with E-state index in [4.69, 9.17) is 5.11 Å². The third-order valence-corrected chi connectivity index (χ3v) is 9.23. The Morgan fingerprint density at radius 1 is 0.517 bits per heavy atom. The van der Waals surface area contributed by atoms with Crippen LogP contribution in [0.3, 0.4) is 0 Å². The van der Waals surface area contributed by atoms with E-state index in [0.717, 1.165) is 4.90 Å². The number of ketones is 2. The zero-order valence-corrected chi connectivity index (χ0v) is 32.0. The fourth-order valence-electron chi connectivity index (χ4n) is 6.13. The summed E-state index contributed by atoms with van der Waals surface area (Å²) in [5.41, 5.74) is 0.167. The Bertz CT molecular complexity index is 2230. The van der Waals surface area contributed by atoms with E-state index in [1.165, 1.54) is 24.3 Å². The Kier molecular flexibility index (Phi) is 15.5. The van der Waals surface area contributed by atoms with Crippen LogP contribution in [0.15, 0.2) is 144 Å². The van der Waals surface area contributed by atoms with Gasteiger partial charge < -0.3 is 20.1 Å². The summed E-state index contributed by atoms with van der Waals surface area (Å²) >= 11 is 0. The molecule has 4 aromatic carbocycles. The first kappa shape index (κ1) is 44.1. The lowest BCUT2D eigenvalue weighted by Gasteiger charge is -2.30. The number of rotatable bonds is 7. The molecule has 3 saturated heterocycles. The Balaban J connectivity index is 0.000000200. The Labute approximate surface area is 342 Å². The van der Waals surface area contributed by atoms with E-state index in [2.05, 4.69) is 10.1 Å². The number of esters is 2. The molecule has 308 valence electrons. The molecule has 10 nitrogen and oxygen atoms in total. The molecule has 0 unspecified atom stereocenters. The molecule has 7 rings (SSSR count). The maximum absolute atomic E-state index is 15.1. The molecular weight excluding hydrogens is 785 g/mol. The highest BCUT2D eigenvalue weighted by molar-refractivity contribution is 6.17. The first-order valence-corrected chi connectivity index (χ1v) is 18.6. The Morgan fingerprint density at radius 2 is 0.833 bits per heavy atom. The van der Waals surface area contributed by atoms with Gasteiger partial charge in [-0.05, 0) is 0 Å². The fraction of sp³-hybridized carbons (Fsp3) is 0.174. The van der Waals surface area contributed by atoms with Gasteiger partial charge in [0.2, 0.25) is 5.91 Å². The fourth-order valence-corrected chi connectivity index (χ4v) is 6.13. The molecule has 3 heterocycles. The SMILES string of the molecule is O=C(O)CCC(=O)N1C/C(=C(/F)c2ccccc2)C(=O)/C(=C(\F)c2ccccc2)C1.O=C1/C(=C(\F)c2ccccc2)CNC/C1=C(/F)c1ccccc1.O=C1CCC(=O)O1. The highest BCUT2D eigenvalue weighted by atomic mass is 19.1. The number of cyclic esters (lactones) is 2. The predicted molar refractivity (Wildman–Crippen MR) is 215 cm³/mol. The lowest BCUT2D eigenvalue weighted by Crippen LogP contribution is -2.42. The third kappa shape index (κ3) is 11.5. The number of hydrogen-bond acceptors (Lipinski definition) is 8. The maximum Gasteiger partial charge on any atom is 0.314 e. The van der Waals surface area contributed by atoms with Crippen LogP contribution >= 0.6 is 0 Å². The number of carbonyl (C=O) groups excluding carboxylic acids is 5. The van der Waals surface area contributed by atoms with Crippen LogP contribution in [0.4, 0.5) is 17.6 Å². The number of nitrogens with one attached hydrogen (secondary N) is 1. The van der Waals surface area contributed by atoms with Gasteiger partial charge >= 0.3 is 17.9 Å². The normalized spacial score (nSPS) is 18.6. The highest BCUT2D eigenvalue weighted by Crippen LogP contribution is 2.32. The van der Waals surface area contributed by atoms with E-state index in [0.29, 0.717) is 11.1 Å². The van der Waals surface area contributed by atoms with Gasteiger partial charge in [0.05, 0.1) is 54.6 Å². The van der Waals surface area contributed by atoms with Gasteiger partial charge in [0.1, 0.15) is 23.3 Å². The number of amides is 1. The average molecular weight is 823 g/mol. The number of likely N-dealkylation sites (tertiary alicyclic amines) is 1. The maximum atomic E-state index is 15.1. The highest BCUT2D eigenvalue weighted by Gasteiger charge is 2.34. The van der Waals surface area contributed by atoms with Gasteiger partial charge in [0.15, 0.2) is 11.6 Å². The van der Waals surface area contributed by atoms with Crippen LogP contribution in [0.2, 0.25) is 0 Å². The Hall–Kier alpha value is -7.06. The molecule has 14 heteroatoms. The van der Waals surface area contributed by atoms with Crippen LogP contribution in [0, 0.1) is 0 Å². The number of hydrogen-bond donors (Lipinski definition) is 2. The first-order valence-electron chi connectivity index (χ1n) is 18.6. The first-order chi connectivity index (χ1) is 28.8. The summed E-state index contributed by atoms with van der Waals surface area (Å²) in [6.45, 7) is -0.538. The van der Waals surface area contributed by atoms with Crippen molar-refractivity contribution in [3.05, 3.63) is 166 Å². The molecule has 0 aliphatic carbocycles. The number of nitrogens with zero attached hydrogens (tertiary/aromatic N) is 1. The van der Waals surface area contributed by atoms with Crippen molar-refractivity contribution in [1.82, 2.24) is 10.2 Å². The summed E-state index contributed by atoms with van der Waals surface area (Å²) in [5.74, 6) is -6.83. The van der Waals surface area contributed by atoms with Crippen LogP contribution in [0.1, 0.15) is 47.9 Å². The Morgan fingerprint density at radius 3 is 1.13 bits per heavy atom. The van der Waals surface area contributed by atoms with Crippen molar-refractivity contribution < 1.29 is 56.2 Å². The standard InChI is InChI=1S/C23H19F2NO4.C19H15F2NO.C4H4O3/c24-21(15-7-3-1-4-8-15)17-13-26(19(27)11-12-20(28)29)14-18(23(17)30)22(25)16-9-5-2-6-10-16;20-17(13-7-3-1-4-8-13)15-11-22-12-16(19(15)23)18(21)14-9-5-2-6-10-14;5-3-1-2-4(6)7-3/h1-10H,11-14H2,(H,28,29);1-10,22H,11-12H2;1-2H2/b21-17-,22-18-;17-15-,18-16-;. The minimum absolute atomic E-state index is 0.0384. The van der Waals surface area contributed by atoms with Crippen LogP contribution in [0.25, 0.3) is 23.3 Å². The van der Waals surface area contributed by atoms with Gasteiger partial charge in [-0.15, -0.1) is 0 Å². The van der Waals surface area contributed by atoms with Gasteiger partial charge in [-0.2, -0.15) is 0 Å². The van der Waals surface area contributed by atoms with E-state index in [1.54, 1.807) is 97.1 Å². The molecule has 0 bridgehead atoms. The number of halogens is 4. The molecule has 0 radical (unpaired) electrons. The molecule has 3 aliphatic heterocycles. The zero-order chi connectivity index (χ0) is 43.2. The smallest absolute Gasteiger partial charge is 0.314 e. The summed E-state index contributed by atoms with van der Waals surface area (Å²) in [6.07, 6.45) is -0.217. The second-order valence-electron chi connectivity index (χ2n) is 13.4. The van der Waals surface area contributed by atoms with Crippen LogP contribution in [-0.2, 0) is 33.5 Å². The molecule has 0 atom stereocenters. The second kappa shape index (κ2) is 21.1. The minimum Gasteiger partial charge on any atom is -0.481 e. The molecule has 3 aliphatic rings. The number of carboxylic acids is 1. The van der Waals surface area contributed by atoms with Crippen LogP contribution < -0.4 is 5.32 Å². The summed E-state index contributed by atoms with van der Waals surface area (Å²) in [4.78, 5) is 69.9. The van der Waals surface area contributed by atoms with E-state index in [9.17, 15) is 37.5 Å². The molecule has 0 aromatic heterocycles.